The summed E-state index contributed by atoms with van der Waals surface area (Å²) in [6.07, 6.45) is 0.378. The van der Waals surface area contributed by atoms with Crippen molar-refractivity contribution in [2.24, 2.45) is 0 Å². The topological polar surface area (TPSA) is 9.23 Å². The van der Waals surface area contributed by atoms with Gasteiger partial charge in [0.1, 0.15) is 23.2 Å². The second-order valence-corrected chi connectivity index (χ2v) is 5.41. The molecular weight excluding hydrogens is 333 g/mol. The maximum atomic E-state index is 13.7. The Morgan fingerprint density at radius 3 is 2.10 bits per heavy atom. The highest BCUT2D eigenvalue weighted by atomic mass is 79.9. The van der Waals surface area contributed by atoms with Gasteiger partial charge < -0.3 is 4.74 Å². The van der Waals surface area contributed by atoms with Crippen LogP contribution in [-0.4, -0.2) is 7.11 Å². The second kappa shape index (κ2) is 6.31. The molecular formula is C15H12BrF3O. The van der Waals surface area contributed by atoms with E-state index in [2.05, 4.69) is 15.9 Å². The Labute approximate surface area is 123 Å². The molecule has 2 aromatic carbocycles. The van der Waals surface area contributed by atoms with E-state index in [0.29, 0.717) is 24.3 Å². The van der Waals surface area contributed by atoms with Crippen LogP contribution in [0.3, 0.4) is 0 Å². The van der Waals surface area contributed by atoms with Crippen LogP contribution in [0.5, 0.6) is 5.75 Å². The van der Waals surface area contributed by atoms with Gasteiger partial charge in [-0.3, -0.25) is 0 Å². The number of hydrogen-bond donors (Lipinski definition) is 0. The Bertz CT molecular complexity index is 576. The maximum Gasteiger partial charge on any atom is 0.133 e. The van der Waals surface area contributed by atoms with Gasteiger partial charge in [0.2, 0.25) is 0 Å². The van der Waals surface area contributed by atoms with E-state index >= 15 is 0 Å². The average molecular weight is 345 g/mol. The van der Waals surface area contributed by atoms with Crippen LogP contribution in [0.4, 0.5) is 13.2 Å². The molecule has 0 amide bonds. The van der Waals surface area contributed by atoms with E-state index in [1.54, 1.807) is 19.2 Å². The molecule has 0 aromatic heterocycles. The number of halogens is 4. The van der Waals surface area contributed by atoms with E-state index in [-0.39, 0.29) is 5.56 Å². The molecule has 0 heterocycles. The molecule has 5 heteroatoms. The third kappa shape index (κ3) is 3.33. The minimum atomic E-state index is -0.923. The lowest BCUT2D eigenvalue weighted by molar-refractivity contribution is 0.414. The van der Waals surface area contributed by atoms with E-state index in [9.17, 15) is 13.2 Å². The van der Waals surface area contributed by atoms with Gasteiger partial charge in [0, 0.05) is 22.5 Å². The van der Waals surface area contributed by atoms with Crippen molar-refractivity contribution >= 4 is 15.9 Å². The molecule has 0 fully saturated rings. The van der Waals surface area contributed by atoms with Gasteiger partial charge in [0.05, 0.1) is 7.11 Å². The monoisotopic (exact) mass is 344 g/mol. The Kier molecular flexibility index (Phi) is 4.70. The first kappa shape index (κ1) is 14.9. The predicted molar refractivity (Wildman–Crippen MR) is 74.7 cm³/mol. The van der Waals surface area contributed by atoms with Crippen LogP contribution in [0.25, 0.3) is 0 Å². The first-order valence-electron chi connectivity index (χ1n) is 5.92. The fourth-order valence-electron chi connectivity index (χ4n) is 1.92. The molecule has 0 aliphatic rings. The van der Waals surface area contributed by atoms with Crippen LogP contribution in [0, 0.1) is 17.5 Å². The summed E-state index contributed by atoms with van der Waals surface area (Å²) in [5.41, 5.74) is 0.720. The van der Waals surface area contributed by atoms with Crippen molar-refractivity contribution in [1.29, 1.82) is 0 Å². The lowest BCUT2D eigenvalue weighted by Crippen LogP contribution is -2.03. The summed E-state index contributed by atoms with van der Waals surface area (Å²) in [5, 5.41) is 0. The van der Waals surface area contributed by atoms with E-state index < -0.39 is 22.3 Å². The van der Waals surface area contributed by atoms with Gasteiger partial charge in [-0.15, -0.1) is 0 Å². The number of alkyl halides is 1. The smallest absolute Gasteiger partial charge is 0.133 e. The molecule has 0 saturated heterocycles. The highest BCUT2D eigenvalue weighted by Gasteiger charge is 2.19. The molecule has 0 saturated carbocycles. The van der Waals surface area contributed by atoms with E-state index in [4.69, 9.17) is 4.74 Å². The quantitative estimate of drug-likeness (QED) is 0.724. The zero-order chi connectivity index (χ0) is 14.7. The normalized spacial score (nSPS) is 12.2. The third-order valence-electron chi connectivity index (χ3n) is 2.93. The molecule has 20 heavy (non-hydrogen) atoms. The van der Waals surface area contributed by atoms with Gasteiger partial charge in [0.25, 0.3) is 0 Å². The number of rotatable bonds is 4. The summed E-state index contributed by atoms with van der Waals surface area (Å²) in [4.78, 5) is -0.573. The van der Waals surface area contributed by atoms with Gasteiger partial charge in [-0.1, -0.05) is 28.1 Å². The highest BCUT2D eigenvalue weighted by Crippen LogP contribution is 2.32. The van der Waals surface area contributed by atoms with Gasteiger partial charge >= 0.3 is 0 Å². The molecule has 1 atom stereocenters. The molecule has 106 valence electrons. The molecule has 1 unspecified atom stereocenters. The number of methoxy groups -OCH3 is 1. The van der Waals surface area contributed by atoms with Crippen LogP contribution in [0.15, 0.2) is 36.4 Å². The van der Waals surface area contributed by atoms with Crippen molar-refractivity contribution in [3.05, 3.63) is 65.0 Å². The number of hydrogen-bond acceptors (Lipinski definition) is 1. The molecule has 1 nitrogen and oxygen atoms in total. The third-order valence-corrected chi connectivity index (χ3v) is 3.71. The van der Waals surface area contributed by atoms with E-state index in [1.165, 1.54) is 0 Å². The van der Waals surface area contributed by atoms with Crippen molar-refractivity contribution in [3.63, 3.8) is 0 Å². The second-order valence-electron chi connectivity index (χ2n) is 4.30. The van der Waals surface area contributed by atoms with Gasteiger partial charge in [-0.2, -0.15) is 0 Å². The number of benzene rings is 2. The Morgan fingerprint density at radius 2 is 1.60 bits per heavy atom. The van der Waals surface area contributed by atoms with Crippen molar-refractivity contribution in [1.82, 2.24) is 0 Å². The van der Waals surface area contributed by atoms with Crippen molar-refractivity contribution in [2.45, 2.75) is 11.2 Å². The van der Waals surface area contributed by atoms with Crippen molar-refractivity contribution in [2.75, 3.05) is 7.11 Å². The van der Waals surface area contributed by atoms with Crippen LogP contribution in [0.2, 0.25) is 0 Å². The molecule has 0 N–H and O–H groups in total. The summed E-state index contributed by atoms with van der Waals surface area (Å²) in [5.74, 6) is -2.00. The molecule has 0 bridgehead atoms. The van der Waals surface area contributed by atoms with E-state index in [1.807, 2.05) is 12.1 Å². The minimum absolute atomic E-state index is 0.165. The fraction of sp³-hybridized carbons (Fsp3) is 0.200. The maximum absolute atomic E-state index is 13.7. The molecule has 2 aromatic rings. The van der Waals surface area contributed by atoms with Gasteiger partial charge in [0.15, 0.2) is 0 Å². The highest BCUT2D eigenvalue weighted by molar-refractivity contribution is 9.09. The van der Waals surface area contributed by atoms with Crippen LogP contribution >= 0.6 is 15.9 Å². The van der Waals surface area contributed by atoms with Crippen LogP contribution in [0.1, 0.15) is 16.0 Å². The van der Waals surface area contributed by atoms with Crippen molar-refractivity contribution in [3.8, 4) is 5.75 Å². The Hall–Kier alpha value is -1.49. The summed E-state index contributed by atoms with van der Waals surface area (Å²) < 4.78 is 45.2. The molecule has 0 radical (unpaired) electrons. The SMILES string of the molecule is COc1ccc(CC(Br)c2c(F)cc(F)cc2F)cc1. The van der Waals surface area contributed by atoms with Gasteiger partial charge in [-0.05, 0) is 24.1 Å². The first-order chi connectivity index (χ1) is 9.51. The van der Waals surface area contributed by atoms with E-state index in [0.717, 1.165) is 5.56 Å². The predicted octanol–water partition coefficient (Wildman–Crippen LogP) is 4.79. The Morgan fingerprint density at radius 1 is 1.05 bits per heavy atom. The summed E-state index contributed by atoms with van der Waals surface area (Å²) >= 11 is 3.25. The minimum Gasteiger partial charge on any atom is -0.497 e. The lowest BCUT2D eigenvalue weighted by Gasteiger charge is -2.13. The van der Waals surface area contributed by atoms with Crippen molar-refractivity contribution < 1.29 is 17.9 Å². The first-order valence-corrected chi connectivity index (χ1v) is 6.84. The summed E-state index contributed by atoms with van der Waals surface area (Å²) in [6.45, 7) is 0. The fourth-order valence-corrected chi connectivity index (χ4v) is 2.73. The van der Waals surface area contributed by atoms with Gasteiger partial charge in [-0.25, -0.2) is 13.2 Å². The largest absolute Gasteiger partial charge is 0.497 e. The zero-order valence-corrected chi connectivity index (χ0v) is 12.3. The lowest BCUT2D eigenvalue weighted by atomic mass is 10.0. The molecule has 0 aliphatic heterocycles. The average Bonchev–Trinajstić information content (AvgIpc) is 2.38. The molecule has 0 aliphatic carbocycles. The molecule has 2 rings (SSSR count). The zero-order valence-electron chi connectivity index (χ0n) is 10.7. The Balaban J connectivity index is 2.21. The summed E-state index contributed by atoms with van der Waals surface area (Å²) in [6, 6.07) is 8.53. The van der Waals surface area contributed by atoms with Crippen LogP contribution < -0.4 is 4.74 Å². The van der Waals surface area contributed by atoms with Crippen LogP contribution in [-0.2, 0) is 6.42 Å². The summed E-state index contributed by atoms with van der Waals surface area (Å²) in [7, 11) is 1.56. The number of ether oxygens (including phenoxy) is 1. The standard InChI is InChI=1S/C15H12BrF3O/c1-20-11-4-2-9(3-5-11)6-12(16)15-13(18)7-10(17)8-14(15)19/h2-5,7-8,12H,6H2,1H3. The molecule has 0 spiro atoms.